The highest BCUT2D eigenvalue weighted by atomic mass is 32.2. The van der Waals surface area contributed by atoms with Crippen LogP contribution in [-0.4, -0.2) is 80.0 Å². The van der Waals surface area contributed by atoms with Crippen molar-refractivity contribution in [2.24, 2.45) is 0 Å². The minimum atomic E-state index is -3.63. The van der Waals surface area contributed by atoms with Gasteiger partial charge in [-0.25, -0.2) is 13.2 Å². The van der Waals surface area contributed by atoms with E-state index in [0.717, 1.165) is 0 Å². The number of piperazine rings is 1. The summed E-state index contributed by atoms with van der Waals surface area (Å²) in [5, 5.41) is 0. The lowest BCUT2D eigenvalue weighted by Crippen LogP contribution is -2.51. The molecular formula is C17H23N3O6S. The molecule has 0 radical (unpaired) electrons. The third-order valence-electron chi connectivity index (χ3n) is 4.00. The molecule has 0 aromatic carbocycles. The van der Waals surface area contributed by atoms with Crippen LogP contribution in [0.1, 0.15) is 6.92 Å². The second-order valence-corrected chi connectivity index (χ2v) is 7.78. The number of amides is 1. The van der Waals surface area contributed by atoms with Gasteiger partial charge < -0.3 is 14.4 Å². The van der Waals surface area contributed by atoms with Gasteiger partial charge in [0.2, 0.25) is 10.0 Å². The Balaban J connectivity index is 1.82. The second-order valence-electron chi connectivity index (χ2n) is 5.85. The maximum atomic E-state index is 12.5. The molecule has 0 N–H and O–H groups in total. The first-order chi connectivity index (χ1) is 12.9. The Morgan fingerprint density at radius 3 is 2.63 bits per heavy atom. The molecular weight excluding hydrogens is 374 g/mol. The molecule has 148 valence electrons. The van der Waals surface area contributed by atoms with Crippen LogP contribution in [0.25, 0.3) is 0 Å². The van der Waals surface area contributed by atoms with E-state index in [1.807, 2.05) is 0 Å². The van der Waals surface area contributed by atoms with Gasteiger partial charge in [0.25, 0.3) is 5.91 Å². The Hall–Kier alpha value is -2.30. The standard InChI is InChI=1S/C17H23N3O6S/c1-3-11-25-14(2)17(22)26-13-16(21)19-7-9-20(10-8-19)27(23,24)15-5-4-6-18-12-15/h3-6,12,14H,1,7-11,13H2,2H3. The van der Waals surface area contributed by atoms with E-state index in [1.165, 1.54) is 40.7 Å². The van der Waals surface area contributed by atoms with E-state index in [9.17, 15) is 18.0 Å². The summed E-state index contributed by atoms with van der Waals surface area (Å²) < 4.78 is 36.5. The number of carbonyl (C=O) groups is 2. The van der Waals surface area contributed by atoms with Crippen LogP contribution in [0.2, 0.25) is 0 Å². The topological polar surface area (TPSA) is 106 Å². The predicted molar refractivity (Wildman–Crippen MR) is 96.1 cm³/mol. The van der Waals surface area contributed by atoms with E-state index in [1.54, 1.807) is 6.07 Å². The lowest BCUT2D eigenvalue weighted by atomic mass is 10.3. The van der Waals surface area contributed by atoms with Gasteiger partial charge in [-0.05, 0) is 19.1 Å². The number of pyridine rings is 1. The minimum Gasteiger partial charge on any atom is -0.454 e. The zero-order chi connectivity index (χ0) is 19.9. The second kappa shape index (κ2) is 9.58. The fourth-order valence-electron chi connectivity index (χ4n) is 2.45. The molecule has 1 unspecified atom stereocenters. The monoisotopic (exact) mass is 397 g/mol. The highest BCUT2D eigenvalue weighted by Gasteiger charge is 2.30. The summed E-state index contributed by atoms with van der Waals surface area (Å²) in [6, 6.07) is 3.04. The highest BCUT2D eigenvalue weighted by molar-refractivity contribution is 7.89. The van der Waals surface area contributed by atoms with Gasteiger partial charge in [-0.1, -0.05) is 6.08 Å². The van der Waals surface area contributed by atoms with Crippen molar-refractivity contribution in [3.63, 3.8) is 0 Å². The van der Waals surface area contributed by atoms with Gasteiger partial charge in [0.15, 0.2) is 12.7 Å². The smallest absolute Gasteiger partial charge is 0.335 e. The van der Waals surface area contributed by atoms with E-state index in [0.29, 0.717) is 0 Å². The molecule has 0 bridgehead atoms. The zero-order valence-corrected chi connectivity index (χ0v) is 15.9. The van der Waals surface area contributed by atoms with Crippen LogP contribution < -0.4 is 0 Å². The van der Waals surface area contributed by atoms with Gasteiger partial charge >= 0.3 is 5.97 Å². The molecule has 0 spiro atoms. The summed E-state index contributed by atoms with van der Waals surface area (Å²) >= 11 is 0. The van der Waals surface area contributed by atoms with Crippen molar-refractivity contribution in [1.82, 2.24) is 14.2 Å². The van der Waals surface area contributed by atoms with E-state index in [4.69, 9.17) is 9.47 Å². The summed E-state index contributed by atoms with van der Waals surface area (Å²) in [6.07, 6.45) is 3.51. The average molecular weight is 397 g/mol. The van der Waals surface area contributed by atoms with Crippen LogP contribution in [0.15, 0.2) is 42.1 Å². The maximum absolute atomic E-state index is 12.5. The Kier molecular flexibility index (Phi) is 7.45. The summed E-state index contributed by atoms with van der Waals surface area (Å²) in [7, 11) is -3.63. The van der Waals surface area contributed by atoms with E-state index < -0.39 is 28.7 Å². The molecule has 1 aromatic rings. The maximum Gasteiger partial charge on any atom is 0.335 e. The first-order valence-corrected chi connectivity index (χ1v) is 9.87. The number of hydrogen-bond acceptors (Lipinski definition) is 7. The number of sulfonamides is 1. The Morgan fingerprint density at radius 2 is 2.04 bits per heavy atom. The quantitative estimate of drug-likeness (QED) is 0.451. The van der Waals surface area contributed by atoms with Crippen LogP contribution in [0.4, 0.5) is 0 Å². The zero-order valence-electron chi connectivity index (χ0n) is 15.1. The van der Waals surface area contributed by atoms with E-state index in [-0.39, 0.29) is 43.6 Å². The molecule has 1 amide bonds. The van der Waals surface area contributed by atoms with Gasteiger partial charge in [0.1, 0.15) is 4.90 Å². The molecule has 10 heteroatoms. The molecule has 2 heterocycles. The number of esters is 1. The van der Waals surface area contributed by atoms with E-state index >= 15 is 0 Å². The first-order valence-electron chi connectivity index (χ1n) is 8.43. The Bertz CT molecular complexity index is 760. The number of aromatic nitrogens is 1. The number of carbonyl (C=O) groups excluding carboxylic acids is 2. The molecule has 1 aromatic heterocycles. The van der Waals surface area contributed by atoms with Crippen LogP contribution >= 0.6 is 0 Å². The van der Waals surface area contributed by atoms with Crippen LogP contribution in [0, 0.1) is 0 Å². The molecule has 1 aliphatic rings. The van der Waals surface area contributed by atoms with Crippen LogP contribution in [-0.2, 0) is 29.1 Å². The van der Waals surface area contributed by atoms with Crippen LogP contribution in [0.3, 0.4) is 0 Å². The third kappa shape index (κ3) is 5.59. The number of hydrogen-bond donors (Lipinski definition) is 0. The van der Waals surface area contributed by atoms with Crippen molar-refractivity contribution >= 4 is 21.9 Å². The lowest BCUT2D eigenvalue weighted by Gasteiger charge is -2.33. The molecule has 1 saturated heterocycles. The first kappa shape index (κ1) is 21.0. The van der Waals surface area contributed by atoms with E-state index in [2.05, 4.69) is 11.6 Å². The van der Waals surface area contributed by atoms with Gasteiger partial charge in [-0.2, -0.15) is 4.31 Å². The van der Waals surface area contributed by atoms with Crippen molar-refractivity contribution in [1.29, 1.82) is 0 Å². The van der Waals surface area contributed by atoms with Crippen molar-refractivity contribution in [3.05, 3.63) is 37.2 Å². The molecule has 2 rings (SSSR count). The Morgan fingerprint density at radius 1 is 1.33 bits per heavy atom. The lowest BCUT2D eigenvalue weighted by molar-refractivity contribution is -0.160. The van der Waals surface area contributed by atoms with Crippen molar-refractivity contribution in [2.75, 3.05) is 39.4 Å². The predicted octanol–water partition coefficient (Wildman–Crippen LogP) is 0.0488. The van der Waals surface area contributed by atoms with Crippen molar-refractivity contribution in [3.8, 4) is 0 Å². The molecule has 1 atom stereocenters. The molecule has 27 heavy (non-hydrogen) atoms. The SMILES string of the molecule is C=CCOC(C)C(=O)OCC(=O)N1CCN(S(=O)(=O)c2cccnc2)CC1. The number of ether oxygens (including phenoxy) is 2. The van der Waals surface area contributed by atoms with Gasteiger partial charge in [0.05, 0.1) is 6.61 Å². The largest absolute Gasteiger partial charge is 0.454 e. The number of nitrogens with zero attached hydrogens (tertiary/aromatic N) is 3. The van der Waals surface area contributed by atoms with Crippen molar-refractivity contribution in [2.45, 2.75) is 17.9 Å². The molecule has 1 aliphatic heterocycles. The average Bonchev–Trinajstić information content (AvgIpc) is 2.70. The Labute approximate surface area is 158 Å². The van der Waals surface area contributed by atoms with Crippen molar-refractivity contribution < 1.29 is 27.5 Å². The highest BCUT2D eigenvalue weighted by Crippen LogP contribution is 2.16. The molecule has 9 nitrogen and oxygen atoms in total. The molecule has 1 fully saturated rings. The van der Waals surface area contributed by atoms with Crippen LogP contribution in [0.5, 0.6) is 0 Å². The summed E-state index contributed by atoms with van der Waals surface area (Å²) in [4.78, 5) is 29.3. The fourth-order valence-corrected chi connectivity index (χ4v) is 3.84. The minimum absolute atomic E-state index is 0.118. The summed E-state index contributed by atoms with van der Waals surface area (Å²) in [6.45, 7) is 5.57. The summed E-state index contributed by atoms with van der Waals surface area (Å²) in [5.41, 5.74) is 0. The third-order valence-corrected chi connectivity index (χ3v) is 5.88. The van der Waals surface area contributed by atoms with Gasteiger partial charge in [-0.3, -0.25) is 9.78 Å². The van der Waals surface area contributed by atoms with Gasteiger partial charge in [-0.15, -0.1) is 6.58 Å². The number of rotatable bonds is 8. The fraction of sp³-hybridized carbons (Fsp3) is 0.471. The molecule has 0 saturated carbocycles. The van der Waals surface area contributed by atoms with Gasteiger partial charge in [0, 0.05) is 38.6 Å². The summed E-state index contributed by atoms with van der Waals surface area (Å²) in [5.74, 6) is -1.01. The molecule has 0 aliphatic carbocycles. The normalized spacial score (nSPS) is 16.6.